The summed E-state index contributed by atoms with van der Waals surface area (Å²) in [5.41, 5.74) is 4.22. The molecule has 3 aromatic rings. The molecular formula is C31H34FN3O4. The predicted octanol–water partition coefficient (Wildman–Crippen LogP) is 5.50. The number of benzene rings is 1. The number of aryl methyl sites for hydroxylation is 1. The summed E-state index contributed by atoms with van der Waals surface area (Å²) in [6.07, 6.45) is 4.51. The summed E-state index contributed by atoms with van der Waals surface area (Å²) >= 11 is 0. The van der Waals surface area contributed by atoms with E-state index in [0.717, 1.165) is 29.5 Å². The second-order valence-electron chi connectivity index (χ2n) is 10.8. The molecule has 1 unspecified atom stereocenters. The van der Waals surface area contributed by atoms with E-state index in [1.54, 1.807) is 31.3 Å². The van der Waals surface area contributed by atoms with Gasteiger partial charge in [-0.2, -0.15) is 0 Å². The molecule has 2 aliphatic rings. The molecule has 2 aromatic heterocycles. The largest absolute Gasteiger partial charge is 0.516 e. The summed E-state index contributed by atoms with van der Waals surface area (Å²) in [6, 6.07) is 10.3. The van der Waals surface area contributed by atoms with Gasteiger partial charge in [-0.3, -0.25) is 9.78 Å². The average Bonchev–Trinajstić information content (AvgIpc) is 2.94. The Hall–Kier alpha value is -3.65. The number of rotatable bonds is 6. The predicted molar refractivity (Wildman–Crippen MR) is 145 cm³/mol. The van der Waals surface area contributed by atoms with E-state index in [1.807, 2.05) is 19.1 Å². The number of aromatic nitrogens is 3. The molecule has 2 aliphatic carbocycles. The number of halogens is 1. The standard InChI is InChI=1S/C31H34FN3O4/c1-4-39-26(37)12-9-21-15-19(13-14-33-21)30-34-27(22-7-5-6-8-25(22)32)23-10-11-24-18(2)28(38)20(17-36)16-31(24,3)29(23)35-30/h5-8,13-15,17-18,24,28,36,38H,4,9-12,16H2,1-3H3/b20-17-/t18-,24-,28?,31-/m1/s1. The number of nitrogens with zero attached hydrogens (tertiary/aromatic N) is 3. The molecular weight excluding hydrogens is 497 g/mol. The lowest BCUT2D eigenvalue weighted by Crippen LogP contribution is -2.50. The van der Waals surface area contributed by atoms with Gasteiger partial charge in [0.2, 0.25) is 0 Å². The van der Waals surface area contributed by atoms with E-state index in [1.165, 1.54) is 6.07 Å². The fourth-order valence-corrected chi connectivity index (χ4v) is 6.48. The number of fused-ring (bicyclic) bond motifs is 3. The van der Waals surface area contributed by atoms with Crippen molar-refractivity contribution in [2.45, 2.75) is 64.4 Å². The summed E-state index contributed by atoms with van der Waals surface area (Å²) in [5.74, 6) is -0.151. The third kappa shape index (κ3) is 4.93. The number of pyridine rings is 1. The van der Waals surface area contributed by atoms with Crippen LogP contribution in [0.5, 0.6) is 0 Å². The molecule has 39 heavy (non-hydrogen) atoms. The van der Waals surface area contributed by atoms with E-state index >= 15 is 4.39 Å². The summed E-state index contributed by atoms with van der Waals surface area (Å²) in [6.45, 7) is 6.24. The SMILES string of the molecule is CCOC(=O)CCc1cc(-c2nc(-c3ccccc3F)c3c(n2)[C@]2(C)C/C(=C/O)C(O)[C@H](C)[C@H]2CC3)ccn1. The van der Waals surface area contributed by atoms with Crippen molar-refractivity contribution in [2.75, 3.05) is 6.61 Å². The molecule has 2 N–H and O–H groups in total. The zero-order valence-electron chi connectivity index (χ0n) is 22.5. The minimum Gasteiger partial charge on any atom is -0.516 e. The molecule has 0 spiro atoms. The van der Waals surface area contributed by atoms with Gasteiger partial charge in [0.1, 0.15) is 5.82 Å². The van der Waals surface area contributed by atoms with Crippen molar-refractivity contribution in [2.24, 2.45) is 11.8 Å². The monoisotopic (exact) mass is 531 g/mol. The van der Waals surface area contributed by atoms with Crippen LogP contribution in [0.15, 0.2) is 54.4 Å². The molecule has 5 rings (SSSR count). The second kappa shape index (κ2) is 10.8. The quantitative estimate of drug-likeness (QED) is 0.319. The lowest BCUT2D eigenvalue weighted by molar-refractivity contribution is -0.143. The van der Waals surface area contributed by atoms with Gasteiger partial charge >= 0.3 is 5.97 Å². The van der Waals surface area contributed by atoms with Gasteiger partial charge in [-0.05, 0) is 67.9 Å². The molecule has 0 aliphatic heterocycles. The van der Waals surface area contributed by atoms with E-state index in [0.29, 0.717) is 54.2 Å². The molecule has 2 heterocycles. The minimum absolute atomic E-state index is 0.0824. The summed E-state index contributed by atoms with van der Waals surface area (Å²) < 4.78 is 20.2. The van der Waals surface area contributed by atoms with Crippen molar-refractivity contribution < 1.29 is 24.1 Å². The first kappa shape index (κ1) is 26.9. The van der Waals surface area contributed by atoms with E-state index < -0.39 is 11.5 Å². The number of ether oxygens (including phenoxy) is 1. The molecule has 0 radical (unpaired) electrons. The van der Waals surface area contributed by atoms with Gasteiger partial charge in [0, 0.05) is 40.4 Å². The Balaban J connectivity index is 1.65. The first-order valence-corrected chi connectivity index (χ1v) is 13.5. The van der Waals surface area contributed by atoms with Crippen LogP contribution in [0.2, 0.25) is 0 Å². The molecule has 204 valence electrons. The number of hydrogen-bond acceptors (Lipinski definition) is 7. The highest BCUT2D eigenvalue weighted by molar-refractivity contribution is 5.71. The minimum atomic E-state index is -0.718. The third-order valence-electron chi connectivity index (χ3n) is 8.42. The molecule has 1 fully saturated rings. The van der Waals surface area contributed by atoms with Crippen molar-refractivity contribution >= 4 is 5.97 Å². The van der Waals surface area contributed by atoms with Gasteiger partial charge in [-0.15, -0.1) is 0 Å². The van der Waals surface area contributed by atoms with Crippen LogP contribution in [0.3, 0.4) is 0 Å². The van der Waals surface area contributed by atoms with Crippen LogP contribution >= 0.6 is 0 Å². The highest BCUT2D eigenvalue weighted by atomic mass is 19.1. The number of carbonyl (C=O) groups excluding carboxylic acids is 1. The first-order valence-electron chi connectivity index (χ1n) is 13.5. The molecule has 0 saturated heterocycles. The summed E-state index contributed by atoms with van der Waals surface area (Å²) in [7, 11) is 0. The van der Waals surface area contributed by atoms with E-state index in [2.05, 4.69) is 11.9 Å². The van der Waals surface area contributed by atoms with Gasteiger partial charge in [0.15, 0.2) is 5.82 Å². The molecule has 1 aromatic carbocycles. The van der Waals surface area contributed by atoms with Crippen LogP contribution < -0.4 is 0 Å². The molecule has 0 amide bonds. The van der Waals surface area contributed by atoms with Crippen LogP contribution in [-0.2, 0) is 27.8 Å². The molecule has 1 saturated carbocycles. The van der Waals surface area contributed by atoms with E-state index in [-0.39, 0.29) is 30.0 Å². The van der Waals surface area contributed by atoms with Gasteiger partial charge < -0.3 is 14.9 Å². The van der Waals surface area contributed by atoms with Gasteiger partial charge in [-0.1, -0.05) is 26.0 Å². The lowest BCUT2D eigenvalue weighted by atomic mass is 9.54. The van der Waals surface area contributed by atoms with Gasteiger partial charge in [-0.25, -0.2) is 14.4 Å². The van der Waals surface area contributed by atoms with Crippen LogP contribution in [0, 0.1) is 17.7 Å². The number of carbonyl (C=O) groups is 1. The van der Waals surface area contributed by atoms with Crippen LogP contribution in [0.1, 0.15) is 57.0 Å². The Morgan fingerprint density at radius 1 is 1.26 bits per heavy atom. The van der Waals surface area contributed by atoms with Crippen LogP contribution in [-0.4, -0.2) is 43.8 Å². The number of aliphatic hydroxyl groups excluding tert-OH is 2. The van der Waals surface area contributed by atoms with Gasteiger partial charge in [0.05, 0.1) is 36.8 Å². The molecule has 8 heteroatoms. The van der Waals surface area contributed by atoms with Crippen molar-refractivity contribution in [3.8, 4) is 22.6 Å². The summed E-state index contributed by atoms with van der Waals surface area (Å²) in [5, 5.41) is 20.8. The number of aliphatic hydroxyl groups is 2. The normalized spacial score (nSPS) is 25.2. The topological polar surface area (TPSA) is 105 Å². The van der Waals surface area contributed by atoms with Crippen molar-refractivity contribution in [3.05, 3.63) is 77.2 Å². The fraction of sp³-hybridized carbons (Fsp3) is 0.419. The Morgan fingerprint density at radius 2 is 2.05 bits per heavy atom. The maximum Gasteiger partial charge on any atom is 0.306 e. The van der Waals surface area contributed by atoms with E-state index in [4.69, 9.17) is 14.7 Å². The maximum absolute atomic E-state index is 15.2. The molecule has 4 atom stereocenters. The zero-order chi connectivity index (χ0) is 27.7. The highest BCUT2D eigenvalue weighted by Crippen LogP contribution is 2.54. The Bertz CT molecular complexity index is 1420. The summed E-state index contributed by atoms with van der Waals surface area (Å²) in [4.78, 5) is 26.3. The fourth-order valence-electron chi connectivity index (χ4n) is 6.48. The smallest absolute Gasteiger partial charge is 0.306 e. The Kier molecular flexibility index (Phi) is 7.49. The zero-order valence-corrected chi connectivity index (χ0v) is 22.5. The highest BCUT2D eigenvalue weighted by Gasteiger charge is 2.51. The first-order chi connectivity index (χ1) is 18.8. The second-order valence-corrected chi connectivity index (χ2v) is 10.8. The molecule has 7 nitrogen and oxygen atoms in total. The van der Waals surface area contributed by atoms with Crippen molar-refractivity contribution in [1.82, 2.24) is 15.0 Å². The molecule has 0 bridgehead atoms. The van der Waals surface area contributed by atoms with Crippen molar-refractivity contribution in [1.29, 1.82) is 0 Å². The average molecular weight is 532 g/mol. The van der Waals surface area contributed by atoms with Crippen LogP contribution in [0.25, 0.3) is 22.6 Å². The van der Waals surface area contributed by atoms with Crippen LogP contribution in [0.4, 0.5) is 4.39 Å². The number of esters is 1. The Labute approximate surface area is 227 Å². The van der Waals surface area contributed by atoms with E-state index in [9.17, 15) is 15.0 Å². The third-order valence-corrected chi connectivity index (χ3v) is 8.42. The maximum atomic E-state index is 15.2. The van der Waals surface area contributed by atoms with Gasteiger partial charge in [0.25, 0.3) is 0 Å². The van der Waals surface area contributed by atoms with Crippen molar-refractivity contribution in [3.63, 3.8) is 0 Å². The number of hydrogen-bond donors (Lipinski definition) is 2. The lowest BCUT2D eigenvalue weighted by Gasteiger charge is -2.51. The Morgan fingerprint density at radius 3 is 2.79 bits per heavy atom.